The number of amides is 6. The number of methoxy groups -OCH3 is 1. The molecule has 0 bridgehead atoms. The minimum atomic E-state index is -1.65. The van der Waals surface area contributed by atoms with Crippen LogP contribution in [0.4, 0.5) is 0 Å². The molecule has 0 aliphatic rings. The number of ether oxygens (including phenoxy) is 5. The number of carbonyl (C=O) groups is 20. The van der Waals surface area contributed by atoms with Crippen molar-refractivity contribution < 1.29 is 120 Å². The largest absolute Gasteiger partial charge is 0.382 e. The normalized spacial score (nSPS) is 13.7. The average molecular weight is 1710 g/mol. The van der Waals surface area contributed by atoms with Crippen molar-refractivity contribution in [2.45, 2.75) is 311 Å². The van der Waals surface area contributed by atoms with E-state index in [1.165, 1.54) is 7.11 Å². The number of nitrogens with one attached hydrogen (secondary N) is 6. The van der Waals surface area contributed by atoms with E-state index >= 15 is 0 Å². The molecule has 6 N–H and O–H groups in total. The fourth-order valence-electron chi connectivity index (χ4n) is 13.0. The van der Waals surface area contributed by atoms with Gasteiger partial charge in [0, 0.05) is 204 Å². The number of carbonyl (C=O) groups excluding carboxylic acids is 20. The Bertz CT molecular complexity index is 3260. The number of Topliss-reactive ketones (excluding diaryl/α,β-unsaturated/α-hetero) is 14. The average Bonchev–Trinajstić information content (AvgIpc) is 0.873. The minimum Gasteiger partial charge on any atom is -0.382 e. The van der Waals surface area contributed by atoms with Gasteiger partial charge in [-0.05, 0) is 70.6 Å². The smallest absolute Gasteiger partial charge is 0.243 e. The van der Waals surface area contributed by atoms with Gasteiger partial charge < -0.3 is 55.6 Å². The van der Waals surface area contributed by atoms with E-state index in [-0.39, 0.29) is 283 Å². The zero-order valence-electron chi connectivity index (χ0n) is 73.7. The Morgan fingerprint density at radius 1 is 0.292 bits per heavy atom. The van der Waals surface area contributed by atoms with Crippen molar-refractivity contribution in [1.82, 2.24) is 31.9 Å². The van der Waals surface area contributed by atoms with Crippen LogP contribution in [-0.2, 0) is 120 Å². The van der Waals surface area contributed by atoms with Gasteiger partial charge in [0.15, 0.2) is 28.9 Å². The summed E-state index contributed by atoms with van der Waals surface area (Å²) in [7, 11) is 6.39. The van der Waals surface area contributed by atoms with Crippen molar-refractivity contribution in [3.63, 3.8) is 0 Å². The molecule has 0 heterocycles. The molecule has 10 unspecified atom stereocenters. The molecular formula is C87H142BN6O25P. The van der Waals surface area contributed by atoms with Gasteiger partial charge in [0.1, 0.15) is 78.9 Å². The van der Waals surface area contributed by atoms with Gasteiger partial charge in [-0.1, -0.05) is 81.8 Å². The van der Waals surface area contributed by atoms with Crippen LogP contribution in [0.5, 0.6) is 0 Å². The first-order valence-electron chi connectivity index (χ1n) is 43.5. The van der Waals surface area contributed by atoms with Gasteiger partial charge in [-0.15, -0.1) is 0 Å². The molecular weight excluding hydrogens is 1570 g/mol. The highest BCUT2D eigenvalue weighted by molar-refractivity contribution is 7.82. The number of rotatable bonds is 81. The van der Waals surface area contributed by atoms with Gasteiger partial charge >= 0.3 is 0 Å². The third kappa shape index (κ3) is 54.1. The lowest BCUT2D eigenvalue weighted by molar-refractivity contribution is -0.136. The molecule has 0 aromatic heterocycles. The van der Waals surface area contributed by atoms with Crippen LogP contribution in [-0.4, -0.2) is 241 Å². The van der Waals surface area contributed by atoms with E-state index in [4.69, 9.17) is 31.3 Å². The van der Waals surface area contributed by atoms with Crippen LogP contribution in [0.25, 0.3) is 0 Å². The number of hydrogen-bond donors (Lipinski definition) is 6. The van der Waals surface area contributed by atoms with E-state index in [1.54, 1.807) is 62.1 Å². The van der Waals surface area contributed by atoms with E-state index in [2.05, 4.69) is 38.8 Å². The molecule has 0 aromatic carbocycles. The number of unbranched alkanes of at least 4 members (excludes halogenated alkanes) is 2. The predicted molar refractivity (Wildman–Crippen MR) is 453 cm³/mol. The highest BCUT2D eigenvalue weighted by Gasteiger charge is 2.35. The summed E-state index contributed by atoms with van der Waals surface area (Å²) in [5, 5.41) is 16.0. The Hall–Kier alpha value is -7.51. The summed E-state index contributed by atoms with van der Waals surface area (Å²) >= 11 is 0. The van der Waals surface area contributed by atoms with E-state index in [9.17, 15) is 95.9 Å². The minimum absolute atomic E-state index is 0.00478. The molecule has 0 aliphatic carbocycles. The van der Waals surface area contributed by atoms with Crippen LogP contribution in [0.2, 0.25) is 0 Å². The van der Waals surface area contributed by atoms with Crippen LogP contribution >= 0.6 is 7.80 Å². The summed E-state index contributed by atoms with van der Waals surface area (Å²) in [6, 6.07) is -5.38. The Kier molecular flexibility index (Phi) is 64.7. The molecule has 0 saturated carbocycles. The van der Waals surface area contributed by atoms with Crippen molar-refractivity contribution in [2.24, 2.45) is 29.6 Å². The summed E-state index contributed by atoms with van der Waals surface area (Å²) in [4.78, 5) is 268. The summed E-state index contributed by atoms with van der Waals surface area (Å²) < 4.78 is 27.3. The quantitative estimate of drug-likeness (QED) is 0.0191. The maximum absolute atomic E-state index is 14.9. The van der Waals surface area contributed by atoms with Crippen molar-refractivity contribution in [3.8, 4) is 0 Å². The Morgan fingerprint density at radius 2 is 0.658 bits per heavy atom. The Morgan fingerprint density at radius 3 is 1.16 bits per heavy atom. The molecule has 0 rings (SSSR count). The van der Waals surface area contributed by atoms with E-state index < -0.39 is 159 Å². The lowest BCUT2D eigenvalue weighted by Crippen LogP contribution is -2.53. The predicted octanol–water partition coefficient (Wildman–Crippen LogP) is 7.95. The van der Waals surface area contributed by atoms with Crippen LogP contribution < -0.4 is 31.9 Å². The summed E-state index contributed by atoms with van der Waals surface area (Å²) in [5.74, 6) is -13.7. The zero-order chi connectivity index (χ0) is 90.3. The molecule has 33 heteroatoms. The maximum atomic E-state index is 14.9. The monoisotopic (exact) mass is 1710 g/mol. The van der Waals surface area contributed by atoms with Gasteiger partial charge in [-0.3, -0.25) is 95.9 Å². The highest BCUT2D eigenvalue weighted by atomic mass is 31.1. The van der Waals surface area contributed by atoms with Crippen molar-refractivity contribution in [3.05, 3.63) is 0 Å². The van der Waals surface area contributed by atoms with E-state index in [0.29, 0.717) is 19.8 Å². The third-order valence-corrected chi connectivity index (χ3v) is 21.6. The highest BCUT2D eigenvalue weighted by Crippen LogP contribution is 2.28. The number of hydrogen-bond acceptors (Lipinski definition) is 25. The first kappa shape index (κ1) is 112. The molecule has 0 spiro atoms. The van der Waals surface area contributed by atoms with Gasteiger partial charge in [0.2, 0.25) is 35.4 Å². The van der Waals surface area contributed by atoms with Gasteiger partial charge in [-0.2, -0.15) is 7.80 Å². The van der Waals surface area contributed by atoms with Gasteiger partial charge in [0.05, 0.1) is 57.8 Å². The standard InChI is InChI=1S/C87H142BN6O25P/c1-12-21-22-45-118-56-70(101)32-24-59(85(112)90-44-47-116-49-48-115-10)23-31-68(99)53-61(81(108)58-120(11)88)27-40-82(109)89-43-46-117-50-51-119-57-71(102)54-63(86(113)94-75(87(114)93-73(79(106)20-9)37-34-67(98)16-5)39-42-84(111)91-72(78(105)19-8)36-33-66(97)15-4)28-41-83(110)92-74(80(107)55-62(77(104)18-7)26-30-65(96)14-3)38-35-69(100)52-60(76(103)17-6)25-29-64(95)13-2/h59-63,72-75H,12-58H2,1-11H3,(H,89,109)(H,90,112)(H,91,111)(H,92,110)(H,93,114)(H,94,113). The van der Waals surface area contributed by atoms with Crippen molar-refractivity contribution >= 4 is 132 Å². The lowest BCUT2D eigenvalue weighted by Gasteiger charge is -2.25. The fraction of sp³-hybridized carbons (Fsp3) is 0.770. The first-order chi connectivity index (χ1) is 57.2. The van der Waals surface area contributed by atoms with Crippen molar-refractivity contribution in [2.75, 3.05) is 92.5 Å². The van der Waals surface area contributed by atoms with E-state index in [0.717, 1.165) is 19.3 Å². The zero-order valence-corrected chi connectivity index (χ0v) is 74.6. The molecule has 31 nitrogen and oxygen atoms in total. The van der Waals surface area contributed by atoms with Crippen LogP contribution in [0.3, 0.4) is 0 Å². The molecule has 120 heavy (non-hydrogen) atoms. The second-order valence-corrected chi connectivity index (χ2v) is 32.4. The molecule has 0 aromatic rings. The lowest BCUT2D eigenvalue weighted by atomic mass is 9.86. The molecule has 0 saturated heterocycles. The SMILES string of the molecule is [B]P(C)CC(=O)C(CCC(=O)NCCOCCOCC(=O)CC(CCC(=O)NC(CCC(=O)CC(CCC(=O)CC)C(=O)CC)C(=O)CC(CCC(=O)CC)C(=O)CC)C(=O)NC(CCC(=O)NC(CCC(=O)CC)C(=O)CC)C(=O)NC(CCC(=O)CC)C(=O)CC)CC(=O)CCC(CCC(=O)COCCCCC)C(=O)NCCOCCOC. The summed E-state index contributed by atoms with van der Waals surface area (Å²) in [5.41, 5.74) is 0. The van der Waals surface area contributed by atoms with Crippen molar-refractivity contribution in [1.29, 1.82) is 0 Å². The maximum Gasteiger partial charge on any atom is 0.243 e. The molecule has 0 aliphatic heterocycles. The van der Waals surface area contributed by atoms with Gasteiger partial charge in [0.25, 0.3) is 0 Å². The van der Waals surface area contributed by atoms with E-state index in [1.807, 2.05) is 0 Å². The van der Waals surface area contributed by atoms with Crippen LogP contribution in [0, 0.1) is 29.6 Å². The second kappa shape index (κ2) is 69.0. The summed E-state index contributed by atoms with van der Waals surface area (Å²) in [6.07, 6.45) is -0.477. The summed E-state index contributed by atoms with van der Waals surface area (Å²) in [6.45, 7) is 17.2. The molecule has 6 amide bonds. The topological polar surface area (TPSA) is 460 Å². The van der Waals surface area contributed by atoms with Gasteiger partial charge in [-0.25, -0.2) is 0 Å². The second-order valence-electron chi connectivity index (χ2n) is 30.6. The Balaban J connectivity index is 7.01. The fourth-order valence-corrected chi connectivity index (χ4v) is 13.8. The molecule has 10 atom stereocenters. The third-order valence-electron chi connectivity index (χ3n) is 20.8. The van der Waals surface area contributed by atoms with Crippen LogP contribution in [0.15, 0.2) is 0 Å². The first-order valence-corrected chi connectivity index (χ1v) is 45.5. The van der Waals surface area contributed by atoms with Crippen LogP contribution in [0.1, 0.15) is 287 Å². The molecule has 0 fully saturated rings. The Labute approximate surface area is 713 Å². The molecule has 2 radical (unpaired) electrons. The molecule has 678 valence electrons. The number of ketones is 14.